The fourth-order valence-electron chi connectivity index (χ4n) is 2.63. The normalized spacial score (nSPS) is 11.4. The molecule has 0 saturated heterocycles. The van der Waals surface area contributed by atoms with Crippen molar-refractivity contribution in [1.82, 2.24) is 20.2 Å². The van der Waals surface area contributed by atoms with Crippen LogP contribution in [0.25, 0.3) is 23.2 Å². The number of tetrazole rings is 1. The van der Waals surface area contributed by atoms with Gasteiger partial charge in [0, 0.05) is 22.2 Å². The van der Waals surface area contributed by atoms with Crippen LogP contribution in [0.3, 0.4) is 0 Å². The van der Waals surface area contributed by atoms with Crippen LogP contribution >= 0.6 is 11.3 Å². The first-order valence-electron chi connectivity index (χ1n) is 8.40. The number of carbonyl (C=O) groups excluding carboxylic acids is 1. The maximum atomic E-state index is 13.1. The minimum Gasteiger partial charge on any atom is -0.508 e. The zero-order valence-corrected chi connectivity index (χ0v) is 15.4. The van der Waals surface area contributed by atoms with E-state index in [0.29, 0.717) is 11.5 Å². The van der Waals surface area contributed by atoms with Gasteiger partial charge in [-0.15, -0.1) is 16.4 Å². The van der Waals surface area contributed by atoms with Gasteiger partial charge in [0.1, 0.15) is 11.4 Å². The number of aromatic hydroxyl groups is 1. The molecule has 0 aliphatic heterocycles. The molecular formula is C20H15N5O2S. The zero-order chi connectivity index (χ0) is 19.3. The van der Waals surface area contributed by atoms with Gasteiger partial charge in [0.05, 0.1) is 0 Å². The number of aromatic nitrogens is 4. The molecule has 0 unspecified atom stereocenters. The Morgan fingerprint density at radius 2 is 1.93 bits per heavy atom. The fourth-order valence-corrected chi connectivity index (χ4v) is 3.28. The van der Waals surface area contributed by atoms with Gasteiger partial charge in [-0.2, -0.15) is 4.68 Å². The number of nitrogens with zero attached hydrogens (tertiary/aromatic N) is 4. The van der Waals surface area contributed by atoms with Gasteiger partial charge in [0.15, 0.2) is 5.82 Å². The van der Waals surface area contributed by atoms with Gasteiger partial charge in [-0.25, -0.2) is 0 Å². The first kappa shape index (κ1) is 17.6. The number of thiophene rings is 1. The maximum absolute atomic E-state index is 13.1. The number of benzene rings is 2. The summed E-state index contributed by atoms with van der Waals surface area (Å²) < 4.78 is 1.41. The Bertz CT molecular complexity index is 1120. The summed E-state index contributed by atoms with van der Waals surface area (Å²) in [6, 6.07) is 19.6. The van der Waals surface area contributed by atoms with E-state index in [0.717, 1.165) is 10.4 Å². The Kier molecular flexibility index (Phi) is 4.94. The highest BCUT2D eigenvalue weighted by Crippen LogP contribution is 2.23. The Morgan fingerprint density at radius 1 is 1.07 bits per heavy atom. The Hall–Kier alpha value is -3.78. The number of nitrogens with one attached hydrogen (secondary N) is 1. The molecule has 138 valence electrons. The van der Waals surface area contributed by atoms with E-state index in [1.54, 1.807) is 18.2 Å². The van der Waals surface area contributed by atoms with Crippen LogP contribution in [0.5, 0.6) is 5.75 Å². The van der Waals surface area contributed by atoms with E-state index in [-0.39, 0.29) is 11.4 Å². The highest BCUT2D eigenvalue weighted by molar-refractivity contribution is 7.10. The SMILES string of the molecule is O=C(Nc1cccc(O)c1)/C(=C\c1cccs1)n1nnnc1-c1ccccc1. The molecule has 28 heavy (non-hydrogen) atoms. The molecule has 0 radical (unpaired) electrons. The molecule has 0 saturated carbocycles. The van der Waals surface area contributed by atoms with E-state index in [2.05, 4.69) is 20.8 Å². The average molecular weight is 389 g/mol. The van der Waals surface area contributed by atoms with Crippen molar-refractivity contribution in [2.75, 3.05) is 5.32 Å². The van der Waals surface area contributed by atoms with E-state index < -0.39 is 5.91 Å². The molecule has 0 atom stereocenters. The van der Waals surface area contributed by atoms with Crippen molar-refractivity contribution >= 4 is 34.7 Å². The second kappa shape index (κ2) is 7.85. The largest absolute Gasteiger partial charge is 0.508 e. The van der Waals surface area contributed by atoms with Crippen LogP contribution in [0, 0.1) is 0 Å². The van der Waals surface area contributed by atoms with E-state index in [4.69, 9.17) is 0 Å². The molecule has 0 fully saturated rings. The Morgan fingerprint density at radius 3 is 2.68 bits per heavy atom. The molecule has 4 rings (SSSR count). The number of phenolic OH excluding ortho intramolecular Hbond substituents is 1. The second-order valence-electron chi connectivity index (χ2n) is 5.83. The summed E-state index contributed by atoms with van der Waals surface area (Å²) in [6.45, 7) is 0. The number of hydrogen-bond donors (Lipinski definition) is 2. The predicted octanol–water partition coefficient (Wildman–Crippen LogP) is 3.74. The Labute approximate surface area is 164 Å². The third kappa shape index (κ3) is 3.81. The minimum absolute atomic E-state index is 0.0639. The average Bonchev–Trinajstić information content (AvgIpc) is 3.38. The molecule has 1 amide bonds. The number of phenols is 1. The van der Waals surface area contributed by atoms with Crippen LogP contribution in [0.2, 0.25) is 0 Å². The second-order valence-corrected chi connectivity index (χ2v) is 6.81. The van der Waals surface area contributed by atoms with E-state index in [1.165, 1.54) is 28.2 Å². The van der Waals surface area contributed by atoms with Crippen molar-refractivity contribution in [2.45, 2.75) is 0 Å². The van der Waals surface area contributed by atoms with Crippen molar-refractivity contribution < 1.29 is 9.90 Å². The van der Waals surface area contributed by atoms with Crippen LogP contribution in [0.1, 0.15) is 4.88 Å². The van der Waals surface area contributed by atoms with Crippen molar-refractivity contribution in [1.29, 1.82) is 0 Å². The lowest BCUT2D eigenvalue weighted by Crippen LogP contribution is -2.19. The molecule has 0 aliphatic carbocycles. The van der Waals surface area contributed by atoms with Crippen LogP contribution in [0.15, 0.2) is 72.1 Å². The summed E-state index contributed by atoms with van der Waals surface area (Å²) in [6.07, 6.45) is 1.73. The molecule has 2 aromatic carbocycles. The van der Waals surface area contributed by atoms with Gasteiger partial charge in [0.2, 0.25) is 0 Å². The zero-order valence-electron chi connectivity index (χ0n) is 14.6. The molecule has 2 heterocycles. The topological polar surface area (TPSA) is 92.9 Å². The summed E-state index contributed by atoms with van der Waals surface area (Å²) in [5.41, 5.74) is 1.51. The fraction of sp³-hybridized carbons (Fsp3) is 0. The van der Waals surface area contributed by atoms with E-state index in [9.17, 15) is 9.90 Å². The van der Waals surface area contributed by atoms with Crippen molar-refractivity contribution in [3.8, 4) is 17.1 Å². The number of amides is 1. The molecule has 0 spiro atoms. The summed E-state index contributed by atoms with van der Waals surface area (Å²) in [5.74, 6) is 0.118. The Balaban J connectivity index is 1.76. The monoisotopic (exact) mass is 389 g/mol. The number of carbonyl (C=O) groups is 1. The first-order chi connectivity index (χ1) is 13.7. The van der Waals surface area contributed by atoms with Crippen molar-refractivity contribution in [3.05, 3.63) is 77.0 Å². The maximum Gasteiger partial charge on any atom is 0.274 e. The van der Waals surface area contributed by atoms with Gasteiger partial charge in [-0.1, -0.05) is 42.5 Å². The van der Waals surface area contributed by atoms with Crippen LogP contribution in [-0.2, 0) is 4.79 Å². The first-order valence-corrected chi connectivity index (χ1v) is 9.28. The smallest absolute Gasteiger partial charge is 0.274 e. The number of anilines is 1. The summed E-state index contributed by atoms with van der Waals surface area (Å²) in [5, 5.41) is 26.2. The lowest BCUT2D eigenvalue weighted by Gasteiger charge is -2.11. The third-order valence-corrected chi connectivity index (χ3v) is 4.71. The number of hydrogen-bond acceptors (Lipinski definition) is 6. The molecule has 7 nitrogen and oxygen atoms in total. The standard InChI is InChI=1S/C20H15N5O2S/c26-16-9-4-8-15(12-16)21-20(27)18(13-17-10-5-11-28-17)25-19(22-23-24-25)14-6-2-1-3-7-14/h1-13,26H,(H,21,27)/b18-13+. The molecular weight excluding hydrogens is 374 g/mol. The lowest BCUT2D eigenvalue weighted by molar-refractivity contribution is -0.111. The van der Waals surface area contributed by atoms with Gasteiger partial charge in [-0.05, 0) is 40.1 Å². The quantitative estimate of drug-likeness (QED) is 0.507. The van der Waals surface area contributed by atoms with E-state index >= 15 is 0 Å². The van der Waals surface area contributed by atoms with E-state index in [1.807, 2.05) is 47.8 Å². The molecule has 8 heteroatoms. The lowest BCUT2D eigenvalue weighted by atomic mass is 10.2. The van der Waals surface area contributed by atoms with Crippen molar-refractivity contribution in [2.24, 2.45) is 0 Å². The molecule has 2 N–H and O–H groups in total. The predicted molar refractivity (Wildman–Crippen MR) is 108 cm³/mol. The van der Waals surface area contributed by atoms with Crippen LogP contribution < -0.4 is 5.32 Å². The van der Waals surface area contributed by atoms with Gasteiger partial charge >= 0.3 is 0 Å². The van der Waals surface area contributed by atoms with Crippen LogP contribution in [0.4, 0.5) is 5.69 Å². The summed E-state index contributed by atoms with van der Waals surface area (Å²) in [4.78, 5) is 13.9. The van der Waals surface area contributed by atoms with Crippen LogP contribution in [-0.4, -0.2) is 31.2 Å². The van der Waals surface area contributed by atoms with Gasteiger partial charge < -0.3 is 10.4 Å². The summed E-state index contributed by atoms with van der Waals surface area (Å²) >= 11 is 1.50. The third-order valence-electron chi connectivity index (χ3n) is 3.89. The molecule has 4 aromatic rings. The number of rotatable bonds is 5. The minimum atomic E-state index is -0.400. The van der Waals surface area contributed by atoms with Gasteiger partial charge in [-0.3, -0.25) is 4.79 Å². The summed E-state index contributed by atoms with van der Waals surface area (Å²) in [7, 11) is 0. The highest BCUT2D eigenvalue weighted by Gasteiger charge is 2.19. The molecule has 0 bridgehead atoms. The highest BCUT2D eigenvalue weighted by atomic mass is 32.1. The molecule has 0 aliphatic rings. The molecule has 2 aromatic heterocycles. The van der Waals surface area contributed by atoms with Crippen molar-refractivity contribution in [3.63, 3.8) is 0 Å². The van der Waals surface area contributed by atoms with Gasteiger partial charge in [0.25, 0.3) is 5.91 Å².